The van der Waals surface area contributed by atoms with Crippen molar-refractivity contribution < 1.29 is 24.3 Å². The number of benzene rings is 1. The van der Waals surface area contributed by atoms with Crippen LogP contribution in [0.2, 0.25) is 0 Å². The molecule has 1 saturated heterocycles. The number of rotatable bonds is 3. The summed E-state index contributed by atoms with van der Waals surface area (Å²) in [6.45, 7) is 1.43. The fourth-order valence-corrected chi connectivity index (χ4v) is 2.69. The van der Waals surface area contributed by atoms with Gasteiger partial charge in [-0.25, -0.2) is 0 Å². The molecule has 1 aromatic rings. The number of hydrogen-bond acceptors (Lipinski definition) is 4. The van der Waals surface area contributed by atoms with Crippen molar-refractivity contribution in [1.29, 1.82) is 0 Å². The topological polar surface area (TPSA) is 104 Å². The lowest BCUT2D eigenvalue weighted by Gasteiger charge is -2.42. The van der Waals surface area contributed by atoms with Gasteiger partial charge in [0, 0.05) is 0 Å². The highest BCUT2D eigenvalue weighted by Crippen LogP contribution is 2.30. The molecule has 1 aromatic carbocycles. The molecule has 0 saturated carbocycles. The number of aliphatic carboxylic acids is 1. The van der Waals surface area contributed by atoms with Crippen LogP contribution in [0.25, 0.3) is 0 Å². The largest absolute Gasteiger partial charge is 0.481 e. The lowest BCUT2D eigenvalue weighted by atomic mass is 9.86. The molecule has 2 N–H and O–H groups in total. The maximum Gasteiger partial charge on any atom is 0.308 e. The maximum atomic E-state index is 12.3. The average Bonchev–Trinajstić information content (AvgIpc) is 2.70. The molecule has 108 valence electrons. The number of carbonyl (C=O) groups excluding carboxylic acids is 3. The number of nitrogens with zero attached hydrogens (tertiary/aromatic N) is 1. The van der Waals surface area contributed by atoms with Crippen LogP contribution in [-0.4, -0.2) is 45.8 Å². The van der Waals surface area contributed by atoms with Gasteiger partial charge in [0.25, 0.3) is 11.8 Å². The molecule has 0 radical (unpaired) electrons. The number of imide groups is 1. The van der Waals surface area contributed by atoms with E-state index in [1.54, 1.807) is 12.1 Å². The Kier molecular flexibility index (Phi) is 2.79. The molecule has 0 aliphatic carbocycles. The van der Waals surface area contributed by atoms with Crippen LogP contribution in [0.15, 0.2) is 24.3 Å². The molecule has 3 atom stereocenters. The minimum absolute atomic E-state index is 0.240. The number of amides is 3. The van der Waals surface area contributed by atoms with Crippen molar-refractivity contribution in [1.82, 2.24) is 10.2 Å². The fourth-order valence-electron chi connectivity index (χ4n) is 2.69. The van der Waals surface area contributed by atoms with Crippen LogP contribution in [0.1, 0.15) is 27.6 Å². The van der Waals surface area contributed by atoms with E-state index in [1.807, 2.05) is 0 Å². The van der Waals surface area contributed by atoms with Crippen LogP contribution in [-0.2, 0) is 9.59 Å². The highest BCUT2D eigenvalue weighted by molar-refractivity contribution is 6.23. The first-order valence-corrected chi connectivity index (χ1v) is 6.43. The lowest BCUT2D eigenvalue weighted by Crippen LogP contribution is -2.72. The number of carbonyl (C=O) groups is 4. The molecule has 7 heteroatoms. The van der Waals surface area contributed by atoms with Gasteiger partial charge in [0.1, 0.15) is 6.04 Å². The molecular formula is C14H12N2O5. The number of nitrogens with one attached hydrogen (secondary N) is 1. The van der Waals surface area contributed by atoms with Gasteiger partial charge >= 0.3 is 5.97 Å². The predicted molar refractivity (Wildman–Crippen MR) is 69.5 cm³/mol. The number of fused-ring (bicyclic) bond motifs is 1. The maximum absolute atomic E-state index is 12.3. The Labute approximate surface area is 119 Å². The molecule has 2 aliphatic heterocycles. The van der Waals surface area contributed by atoms with Gasteiger partial charge in [-0.05, 0) is 19.1 Å². The summed E-state index contributed by atoms with van der Waals surface area (Å²) < 4.78 is 0. The van der Waals surface area contributed by atoms with Gasteiger partial charge in [-0.1, -0.05) is 12.1 Å². The van der Waals surface area contributed by atoms with Gasteiger partial charge in [0.2, 0.25) is 5.91 Å². The molecule has 3 rings (SSSR count). The van der Waals surface area contributed by atoms with Crippen LogP contribution in [0.5, 0.6) is 0 Å². The van der Waals surface area contributed by atoms with Crippen LogP contribution in [0.4, 0.5) is 0 Å². The second kappa shape index (κ2) is 4.41. The van der Waals surface area contributed by atoms with Crippen LogP contribution >= 0.6 is 0 Å². The SMILES string of the molecule is C[C@H](C(=O)O)[C@H]1NC(=O)[C@H]1N1C(=O)c2ccccc2C1=O. The molecule has 21 heavy (non-hydrogen) atoms. The monoisotopic (exact) mass is 288 g/mol. The Balaban J connectivity index is 1.95. The molecule has 3 amide bonds. The number of β-lactam (4-membered cyclic amide) rings is 1. The van der Waals surface area contributed by atoms with Crippen LogP contribution in [0.3, 0.4) is 0 Å². The number of carboxylic acids is 1. The minimum atomic E-state index is -1.10. The van der Waals surface area contributed by atoms with Crippen molar-refractivity contribution >= 4 is 23.7 Å². The smallest absolute Gasteiger partial charge is 0.308 e. The van der Waals surface area contributed by atoms with E-state index in [9.17, 15) is 19.2 Å². The zero-order chi connectivity index (χ0) is 15.3. The first kappa shape index (κ1) is 13.3. The van der Waals surface area contributed by atoms with E-state index in [1.165, 1.54) is 19.1 Å². The van der Waals surface area contributed by atoms with Gasteiger partial charge in [0.15, 0.2) is 0 Å². The zero-order valence-corrected chi connectivity index (χ0v) is 11.1. The molecule has 7 nitrogen and oxygen atoms in total. The Morgan fingerprint density at radius 1 is 1.19 bits per heavy atom. The second-order valence-electron chi connectivity index (χ2n) is 5.13. The molecule has 0 unspecified atom stereocenters. The summed E-state index contributed by atoms with van der Waals surface area (Å²) in [6, 6.07) is 4.46. The van der Waals surface area contributed by atoms with Crippen molar-refractivity contribution in [2.24, 2.45) is 5.92 Å². The third kappa shape index (κ3) is 1.74. The van der Waals surface area contributed by atoms with Gasteiger partial charge in [0.05, 0.1) is 23.1 Å². The lowest BCUT2D eigenvalue weighted by molar-refractivity contribution is -0.148. The third-order valence-electron chi connectivity index (χ3n) is 3.95. The molecule has 0 bridgehead atoms. The van der Waals surface area contributed by atoms with Gasteiger partial charge in [-0.15, -0.1) is 0 Å². The summed E-state index contributed by atoms with van der Waals surface area (Å²) in [7, 11) is 0. The van der Waals surface area contributed by atoms with Crippen LogP contribution < -0.4 is 5.32 Å². The molecule has 2 heterocycles. The van der Waals surface area contributed by atoms with E-state index in [4.69, 9.17) is 5.11 Å². The summed E-state index contributed by atoms with van der Waals surface area (Å²) in [6.07, 6.45) is 0. The molecule has 1 fully saturated rings. The van der Waals surface area contributed by atoms with E-state index in [0.29, 0.717) is 0 Å². The fraction of sp³-hybridized carbons (Fsp3) is 0.286. The molecule has 0 spiro atoms. The van der Waals surface area contributed by atoms with E-state index in [2.05, 4.69) is 5.32 Å². The van der Waals surface area contributed by atoms with Crippen molar-refractivity contribution in [3.8, 4) is 0 Å². The highest BCUT2D eigenvalue weighted by atomic mass is 16.4. The standard InChI is InChI=1S/C14H12N2O5/c1-6(14(20)21)9-10(11(17)15-9)16-12(18)7-4-2-3-5-8(7)13(16)19/h2-6,9-10H,1H3,(H,15,17)(H,20,21)/t6-,9+,10-/m0/s1. The van der Waals surface area contributed by atoms with Crippen molar-refractivity contribution in [3.63, 3.8) is 0 Å². The van der Waals surface area contributed by atoms with E-state index in [0.717, 1.165) is 4.90 Å². The molecule has 2 aliphatic rings. The zero-order valence-electron chi connectivity index (χ0n) is 11.1. The Hall–Kier alpha value is -2.70. The van der Waals surface area contributed by atoms with Gasteiger partial charge < -0.3 is 10.4 Å². The summed E-state index contributed by atoms with van der Waals surface area (Å²) in [4.78, 5) is 48.3. The third-order valence-corrected chi connectivity index (χ3v) is 3.95. The minimum Gasteiger partial charge on any atom is -0.481 e. The van der Waals surface area contributed by atoms with Crippen molar-refractivity contribution in [2.75, 3.05) is 0 Å². The number of hydrogen-bond donors (Lipinski definition) is 2. The summed E-state index contributed by atoms with van der Waals surface area (Å²) in [5, 5.41) is 11.5. The Morgan fingerprint density at radius 2 is 1.71 bits per heavy atom. The quantitative estimate of drug-likeness (QED) is 0.595. The number of carboxylic acid groups (broad SMARTS) is 1. The van der Waals surface area contributed by atoms with Crippen LogP contribution in [0, 0.1) is 5.92 Å². The second-order valence-corrected chi connectivity index (χ2v) is 5.13. The Bertz CT molecular complexity index is 649. The average molecular weight is 288 g/mol. The van der Waals surface area contributed by atoms with E-state index >= 15 is 0 Å². The first-order valence-electron chi connectivity index (χ1n) is 6.43. The summed E-state index contributed by atoms with van der Waals surface area (Å²) >= 11 is 0. The molecular weight excluding hydrogens is 276 g/mol. The van der Waals surface area contributed by atoms with Gasteiger partial charge in [-0.2, -0.15) is 0 Å². The first-order chi connectivity index (χ1) is 9.93. The normalized spacial score (nSPS) is 25.2. The summed E-state index contributed by atoms with van der Waals surface area (Å²) in [5.74, 6) is -3.61. The Morgan fingerprint density at radius 3 is 2.14 bits per heavy atom. The predicted octanol–water partition coefficient (Wildman–Crippen LogP) is -0.130. The van der Waals surface area contributed by atoms with Crippen molar-refractivity contribution in [2.45, 2.75) is 19.0 Å². The highest BCUT2D eigenvalue weighted by Gasteiger charge is 2.54. The summed E-state index contributed by atoms with van der Waals surface area (Å²) in [5.41, 5.74) is 0.479. The van der Waals surface area contributed by atoms with E-state index in [-0.39, 0.29) is 11.1 Å². The molecule has 0 aromatic heterocycles. The van der Waals surface area contributed by atoms with E-state index < -0.39 is 41.7 Å². The van der Waals surface area contributed by atoms with Crippen molar-refractivity contribution in [3.05, 3.63) is 35.4 Å². The van der Waals surface area contributed by atoms with Gasteiger partial charge in [-0.3, -0.25) is 24.1 Å².